The fourth-order valence-electron chi connectivity index (χ4n) is 2.64. The highest BCUT2D eigenvalue weighted by Crippen LogP contribution is 2.41. The zero-order valence-electron chi connectivity index (χ0n) is 12.3. The Morgan fingerprint density at radius 2 is 2.39 bits per heavy atom. The normalized spacial score (nSPS) is 17.1. The van der Waals surface area contributed by atoms with Crippen molar-refractivity contribution in [1.29, 1.82) is 0 Å². The first-order valence-corrected chi connectivity index (χ1v) is 8.33. The molecule has 7 heteroatoms. The molecule has 0 aliphatic carbocycles. The molecule has 5 nitrogen and oxygen atoms in total. The van der Waals surface area contributed by atoms with Gasteiger partial charge in [-0.1, -0.05) is 24.3 Å². The number of nitrogens with zero attached hydrogens (tertiary/aromatic N) is 1. The maximum absolute atomic E-state index is 12.1. The average Bonchev–Trinajstić information content (AvgIpc) is 2.83. The van der Waals surface area contributed by atoms with Crippen LogP contribution in [0.5, 0.6) is 5.75 Å². The largest absolute Gasteiger partial charge is 0.489 e. The molecule has 120 valence electrons. The minimum atomic E-state index is -0.180. The van der Waals surface area contributed by atoms with Crippen molar-refractivity contribution in [2.45, 2.75) is 18.9 Å². The van der Waals surface area contributed by atoms with Gasteiger partial charge in [0.15, 0.2) is 5.13 Å². The van der Waals surface area contributed by atoms with Crippen molar-refractivity contribution in [2.24, 2.45) is 0 Å². The van der Waals surface area contributed by atoms with Gasteiger partial charge in [-0.15, -0.1) is 11.3 Å². The second-order valence-corrected chi connectivity index (χ2v) is 6.68. The Morgan fingerprint density at radius 1 is 1.57 bits per heavy atom. The standard InChI is InChI=1S/C16H16ClN3O2S/c1-2-5-22-13-4-3-9(17)6-10(13)11-7-14(21)19-8-12-15(11)23-16(18)20-12/h2-4,6,11H,1,5,7-8H2,(H2,18,20)(H,19,21)/t11-/m1/s1. The molecule has 0 unspecified atom stereocenters. The third-order valence-electron chi connectivity index (χ3n) is 3.61. The summed E-state index contributed by atoms with van der Waals surface area (Å²) < 4.78 is 5.74. The van der Waals surface area contributed by atoms with Crippen LogP contribution in [0.15, 0.2) is 30.9 Å². The number of fused-ring (bicyclic) bond motifs is 1. The quantitative estimate of drug-likeness (QED) is 0.831. The number of rotatable bonds is 4. The molecule has 2 aromatic rings. The summed E-state index contributed by atoms with van der Waals surface area (Å²) in [7, 11) is 0. The summed E-state index contributed by atoms with van der Waals surface area (Å²) in [6.45, 7) is 4.43. The molecule has 0 fully saturated rings. The Morgan fingerprint density at radius 3 is 3.17 bits per heavy atom. The molecule has 3 N–H and O–H groups in total. The van der Waals surface area contributed by atoms with Crippen LogP contribution in [0.1, 0.15) is 28.5 Å². The first kappa shape index (κ1) is 15.8. The van der Waals surface area contributed by atoms with Gasteiger partial charge in [0.2, 0.25) is 5.91 Å². The molecule has 23 heavy (non-hydrogen) atoms. The number of amides is 1. The van der Waals surface area contributed by atoms with Gasteiger partial charge in [-0.25, -0.2) is 4.98 Å². The van der Waals surface area contributed by atoms with Crippen LogP contribution >= 0.6 is 22.9 Å². The summed E-state index contributed by atoms with van der Waals surface area (Å²) in [6.07, 6.45) is 1.98. The molecule has 0 spiro atoms. The number of nitrogens with one attached hydrogen (secondary N) is 1. The molecule has 1 atom stereocenters. The predicted molar refractivity (Wildman–Crippen MR) is 92.0 cm³/mol. The maximum atomic E-state index is 12.1. The van der Waals surface area contributed by atoms with Crippen LogP contribution in [-0.4, -0.2) is 17.5 Å². The lowest BCUT2D eigenvalue weighted by molar-refractivity contribution is -0.121. The van der Waals surface area contributed by atoms with Crippen LogP contribution < -0.4 is 15.8 Å². The Hall–Kier alpha value is -2.05. The monoisotopic (exact) mass is 349 g/mol. The van der Waals surface area contributed by atoms with Crippen LogP contribution in [0, 0.1) is 0 Å². The lowest BCUT2D eigenvalue weighted by atomic mass is 9.92. The number of aromatic nitrogens is 1. The maximum Gasteiger partial charge on any atom is 0.221 e. The number of nitrogens with two attached hydrogens (primary N) is 1. The lowest BCUT2D eigenvalue weighted by Crippen LogP contribution is -2.21. The number of ether oxygens (including phenoxy) is 1. The van der Waals surface area contributed by atoms with Crippen molar-refractivity contribution in [2.75, 3.05) is 12.3 Å². The van der Waals surface area contributed by atoms with Crippen molar-refractivity contribution >= 4 is 34.0 Å². The summed E-state index contributed by atoms with van der Waals surface area (Å²) >= 11 is 7.57. The molecule has 0 radical (unpaired) electrons. The van der Waals surface area contributed by atoms with Crippen LogP contribution in [0.25, 0.3) is 0 Å². The van der Waals surface area contributed by atoms with Crippen molar-refractivity contribution in [3.05, 3.63) is 52.0 Å². The van der Waals surface area contributed by atoms with Crippen LogP contribution in [-0.2, 0) is 11.3 Å². The van der Waals surface area contributed by atoms with Gasteiger partial charge in [-0.2, -0.15) is 0 Å². The van der Waals surface area contributed by atoms with Gasteiger partial charge in [0.1, 0.15) is 12.4 Å². The van der Waals surface area contributed by atoms with Crippen molar-refractivity contribution < 1.29 is 9.53 Å². The molecule has 0 saturated carbocycles. The molecule has 3 rings (SSSR count). The zero-order chi connectivity index (χ0) is 16.4. The second kappa shape index (κ2) is 6.60. The third kappa shape index (κ3) is 3.33. The number of benzene rings is 1. The van der Waals surface area contributed by atoms with Crippen molar-refractivity contribution in [3.8, 4) is 5.75 Å². The van der Waals surface area contributed by atoms with E-state index in [1.165, 1.54) is 11.3 Å². The number of nitrogen functional groups attached to an aromatic ring is 1. The van der Waals surface area contributed by atoms with Gasteiger partial charge in [-0.3, -0.25) is 4.79 Å². The number of halogens is 1. The van der Waals surface area contributed by atoms with Crippen LogP contribution in [0.4, 0.5) is 5.13 Å². The topological polar surface area (TPSA) is 77.2 Å². The van der Waals surface area contributed by atoms with E-state index in [1.807, 2.05) is 12.1 Å². The predicted octanol–water partition coefficient (Wildman–Crippen LogP) is 3.10. The molecule has 1 aromatic carbocycles. The highest BCUT2D eigenvalue weighted by atomic mass is 35.5. The molecular formula is C16H16ClN3O2S. The van der Waals surface area contributed by atoms with Gasteiger partial charge >= 0.3 is 0 Å². The van der Waals surface area contributed by atoms with E-state index in [0.29, 0.717) is 35.5 Å². The zero-order valence-corrected chi connectivity index (χ0v) is 13.9. The minimum absolute atomic E-state index is 0.0339. The van der Waals surface area contributed by atoms with Gasteiger partial charge in [0, 0.05) is 27.8 Å². The summed E-state index contributed by atoms with van der Waals surface area (Å²) in [5.74, 6) is 0.473. The first-order chi connectivity index (χ1) is 11.1. The number of carbonyl (C=O) groups is 1. The lowest BCUT2D eigenvalue weighted by Gasteiger charge is -2.18. The van der Waals surface area contributed by atoms with E-state index < -0.39 is 0 Å². The Balaban J connectivity index is 2.09. The van der Waals surface area contributed by atoms with Crippen LogP contribution in [0.3, 0.4) is 0 Å². The van der Waals surface area contributed by atoms with E-state index in [2.05, 4.69) is 16.9 Å². The van der Waals surface area contributed by atoms with Gasteiger partial charge < -0.3 is 15.8 Å². The van der Waals surface area contributed by atoms with E-state index in [1.54, 1.807) is 12.1 Å². The first-order valence-electron chi connectivity index (χ1n) is 7.13. The number of anilines is 1. The van der Waals surface area contributed by atoms with Crippen LogP contribution in [0.2, 0.25) is 5.02 Å². The Labute approximate surface area is 143 Å². The van der Waals surface area contributed by atoms with Crippen molar-refractivity contribution in [3.63, 3.8) is 0 Å². The molecule has 1 aliphatic rings. The van der Waals surface area contributed by atoms with E-state index in [-0.39, 0.29) is 11.8 Å². The molecule has 1 aromatic heterocycles. The molecular weight excluding hydrogens is 334 g/mol. The number of hydrogen-bond acceptors (Lipinski definition) is 5. The van der Waals surface area contributed by atoms with Crippen molar-refractivity contribution in [1.82, 2.24) is 10.3 Å². The summed E-state index contributed by atoms with van der Waals surface area (Å²) in [4.78, 5) is 17.4. The van der Waals surface area contributed by atoms with Gasteiger partial charge in [0.25, 0.3) is 0 Å². The van der Waals surface area contributed by atoms with E-state index in [0.717, 1.165) is 16.1 Å². The molecule has 2 heterocycles. The van der Waals surface area contributed by atoms with Gasteiger partial charge in [0.05, 0.1) is 12.2 Å². The molecule has 0 saturated heterocycles. The second-order valence-electron chi connectivity index (χ2n) is 5.18. The summed E-state index contributed by atoms with van der Waals surface area (Å²) in [6, 6.07) is 5.42. The number of hydrogen-bond donors (Lipinski definition) is 2. The number of carbonyl (C=O) groups excluding carboxylic acids is 1. The molecule has 0 bridgehead atoms. The fraction of sp³-hybridized carbons (Fsp3) is 0.250. The Kier molecular flexibility index (Phi) is 4.54. The Bertz CT molecular complexity index is 760. The van der Waals surface area contributed by atoms with Gasteiger partial charge in [-0.05, 0) is 18.2 Å². The highest BCUT2D eigenvalue weighted by molar-refractivity contribution is 7.15. The fourth-order valence-corrected chi connectivity index (χ4v) is 3.79. The smallest absolute Gasteiger partial charge is 0.221 e. The molecule has 1 amide bonds. The summed E-state index contributed by atoms with van der Waals surface area (Å²) in [5, 5.41) is 3.94. The SMILES string of the molecule is C=CCOc1ccc(Cl)cc1[C@H]1CC(=O)NCc2nc(N)sc21. The van der Waals surface area contributed by atoms with E-state index in [4.69, 9.17) is 22.1 Å². The van der Waals surface area contributed by atoms with E-state index >= 15 is 0 Å². The third-order valence-corrected chi connectivity index (χ3v) is 4.88. The summed E-state index contributed by atoms with van der Waals surface area (Å²) in [5.41, 5.74) is 7.52. The van der Waals surface area contributed by atoms with E-state index in [9.17, 15) is 4.79 Å². The number of thiazole rings is 1. The average molecular weight is 350 g/mol. The molecule has 1 aliphatic heterocycles. The minimum Gasteiger partial charge on any atom is -0.489 e. The highest BCUT2D eigenvalue weighted by Gasteiger charge is 2.29.